The van der Waals surface area contributed by atoms with Crippen molar-refractivity contribution in [1.82, 2.24) is 20.2 Å². The first-order valence-corrected chi connectivity index (χ1v) is 14.1. The second-order valence-electron chi connectivity index (χ2n) is 11.4. The molecule has 2 amide bonds. The van der Waals surface area contributed by atoms with Crippen LogP contribution in [0.5, 0.6) is 5.75 Å². The number of hydrogen-bond acceptors (Lipinski definition) is 8. The number of amides is 2. The Morgan fingerprint density at radius 2 is 1.90 bits per heavy atom. The largest absolute Gasteiger partial charge is 0.492 e. The van der Waals surface area contributed by atoms with E-state index in [1.54, 1.807) is 39.1 Å². The molecule has 0 radical (unpaired) electrons. The molecule has 10 nitrogen and oxygen atoms in total. The maximum Gasteiger partial charge on any atom is 0.415 e. The average molecular weight is 571 g/mol. The zero-order chi connectivity index (χ0) is 30.4. The molecule has 2 aromatic carbocycles. The highest BCUT2D eigenvalue weighted by molar-refractivity contribution is 6.06. The molecule has 1 N–H and O–H groups in total. The molecule has 4 rings (SSSR count). The molecule has 0 saturated carbocycles. The molecular formula is C32H38N6O4. The summed E-state index contributed by atoms with van der Waals surface area (Å²) in [6.45, 7) is 13.1. The number of piperidine rings is 1. The number of likely N-dealkylation sites (tertiary alicyclic amines) is 1. The zero-order valence-electron chi connectivity index (χ0n) is 24.9. The summed E-state index contributed by atoms with van der Waals surface area (Å²) in [7, 11) is 2.08. The summed E-state index contributed by atoms with van der Waals surface area (Å²) in [4.78, 5) is 39.2. The summed E-state index contributed by atoms with van der Waals surface area (Å²) in [6, 6.07) is 13.0. The first-order chi connectivity index (χ1) is 20.0. The van der Waals surface area contributed by atoms with Gasteiger partial charge in [0.15, 0.2) is 5.82 Å². The van der Waals surface area contributed by atoms with Crippen molar-refractivity contribution in [3.63, 3.8) is 0 Å². The quantitative estimate of drug-likeness (QED) is 0.360. The Balaban J connectivity index is 1.77. The van der Waals surface area contributed by atoms with Crippen LogP contribution in [0.3, 0.4) is 0 Å². The van der Waals surface area contributed by atoms with Crippen molar-refractivity contribution in [2.75, 3.05) is 38.2 Å². The van der Waals surface area contributed by atoms with Crippen LogP contribution in [0.25, 0.3) is 22.2 Å². The molecule has 1 saturated heterocycles. The molecule has 1 fully saturated rings. The number of nitrogens with one attached hydrogen (secondary N) is 1. The van der Waals surface area contributed by atoms with Gasteiger partial charge in [-0.05, 0) is 84.3 Å². The number of anilines is 1. The number of fused-ring (bicyclic) bond motifs is 1. The van der Waals surface area contributed by atoms with Gasteiger partial charge in [-0.15, -0.1) is 0 Å². The van der Waals surface area contributed by atoms with Crippen molar-refractivity contribution >= 4 is 28.5 Å². The van der Waals surface area contributed by atoms with Gasteiger partial charge in [0, 0.05) is 28.8 Å². The minimum atomic E-state index is -0.771. The van der Waals surface area contributed by atoms with Gasteiger partial charge in [-0.3, -0.25) is 9.69 Å². The fourth-order valence-corrected chi connectivity index (χ4v) is 4.79. The van der Waals surface area contributed by atoms with Crippen LogP contribution >= 0.6 is 0 Å². The van der Waals surface area contributed by atoms with E-state index in [2.05, 4.69) is 33.8 Å². The SMILES string of the molecule is C=C(C#N)CN(C(=O)OC(C)(C)C)c1c(OCC)ccc2ccc(-c3nccc(C(=O)NC4CCN(C)CC4)n3)cc12. The number of nitriles is 1. The Morgan fingerprint density at radius 1 is 1.19 bits per heavy atom. The number of benzene rings is 2. The zero-order valence-corrected chi connectivity index (χ0v) is 24.9. The lowest BCUT2D eigenvalue weighted by atomic mass is 10.0. The number of carbonyl (C=O) groups excluding carboxylic acids is 2. The molecule has 1 aliphatic heterocycles. The average Bonchev–Trinajstić information content (AvgIpc) is 2.96. The molecule has 2 heterocycles. The van der Waals surface area contributed by atoms with Crippen LogP contribution in [-0.4, -0.2) is 71.8 Å². The molecule has 0 atom stereocenters. The highest BCUT2D eigenvalue weighted by atomic mass is 16.6. The predicted molar refractivity (Wildman–Crippen MR) is 162 cm³/mol. The van der Waals surface area contributed by atoms with E-state index in [-0.39, 0.29) is 29.8 Å². The molecule has 10 heteroatoms. The van der Waals surface area contributed by atoms with E-state index in [4.69, 9.17) is 9.47 Å². The molecule has 0 bridgehead atoms. The first-order valence-electron chi connectivity index (χ1n) is 14.1. The van der Waals surface area contributed by atoms with Crippen molar-refractivity contribution in [1.29, 1.82) is 5.26 Å². The predicted octanol–water partition coefficient (Wildman–Crippen LogP) is 5.34. The van der Waals surface area contributed by atoms with E-state index < -0.39 is 11.7 Å². The Labute approximate surface area is 246 Å². The van der Waals surface area contributed by atoms with Crippen molar-refractivity contribution < 1.29 is 19.1 Å². The van der Waals surface area contributed by atoms with Crippen LogP contribution in [-0.2, 0) is 4.74 Å². The molecule has 1 aromatic heterocycles. The van der Waals surface area contributed by atoms with E-state index in [1.807, 2.05) is 37.3 Å². The number of rotatable bonds is 8. The highest BCUT2D eigenvalue weighted by Gasteiger charge is 2.28. The van der Waals surface area contributed by atoms with Crippen LogP contribution in [0.4, 0.5) is 10.5 Å². The van der Waals surface area contributed by atoms with E-state index in [1.165, 1.54) is 4.90 Å². The second-order valence-corrected chi connectivity index (χ2v) is 11.4. The third-order valence-electron chi connectivity index (χ3n) is 6.85. The van der Waals surface area contributed by atoms with E-state index >= 15 is 0 Å². The van der Waals surface area contributed by atoms with Crippen LogP contribution in [0.1, 0.15) is 51.0 Å². The Morgan fingerprint density at radius 3 is 2.57 bits per heavy atom. The summed E-state index contributed by atoms with van der Waals surface area (Å²) in [5.41, 5.74) is 0.784. The van der Waals surface area contributed by atoms with Gasteiger partial charge in [0.05, 0.1) is 24.9 Å². The van der Waals surface area contributed by atoms with Gasteiger partial charge in [-0.2, -0.15) is 5.26 Å². The van der Waals surface area contributed by atoms with Gasteiger partial charge < -0.3 is 19.7 Å². The Kier molecular flexibility index (Phi) is 9.43. The fraction of sp³-hybridized carbons (Fsp3) is 0.406. The summed E-state index contributed by atoms with van der Waals surface area (Å²) in [6.07, 6.45) is 2.71. The highest BCUT2D eigenvalue weighted by Crippen LogP contribution is 2.39. The molecule has 0 unspecified atom stereocenters. The number of carbonyl (C=O) groups is 2. The third-order valence-corrected chi connectivity index (χ3v) is 6.85. The number of hydrogen-bond donors (Lipinski definition) is 1. The van der Waals surface area contributed by atoms with Crippen LogP contribution in [0, 0.1) is 11.3 Å². The Bertz CT molecular complexity index is 1520. The van der Waals surface area contributed by atoms with Gasteiger partial charge >= 0.3 is 6.09 Å². The fourth-order valence-electron chi connectivity index (χ4n) is 4.79. The summed E-state index contributed by atoms with van der Waals surface area (Å²) in [5, 5.41) is 14.1. The number of ether oxygens (including phenoxy) is 2. The monoisotopic (exact) mass is 570 g/mol. The Hall–Kier alpha value is -4.49. The lowest BCUT2D eigenvalue weighted by Gasteiger charge is -2.29. The molecule has 3 aromatic rings. The maximum absolute atomic E-state index is 13.5. The van der Waals surface area contributed by atoms with Crippen LogP contribution in [0.15, 0.2) is 54.7 Å². The third kappa shape index (κ3) is 7.42. The van der Waals surface area contributed by atoms with Crippen molar-refractivity contribution in [2.24, 2.45) is 0 Å². The second kappa shape index (κ2) is 13.0. The standard InChI is InChI=1S/C32H38N6O4/c1-7-41-27-11-10-22-8-9-23(18-25(22)28(27)38(20-21(2)19-33)31(40)42-32(3,4)5)29-34-15-12-26(36-29)30(39)35-24-13-16-37(6)17-14-24/h8-12,15,18,24H,2,7,13-14,16-17,20H2,1,3-6H3,(H,35,39). The van der Waals surface area contributed by atoms with Gasteiger partial charge in [-0.1, -0.05) is 24.8 Å². The van der Waals surface area contributed by atoms with Crippen LogP contribution in [0.2, 0.25) is 0 Å². The van der Waals surface area contributed by atoms with E-state index in [0.717, 1.165) is 31.3 Å². The molecule has 0 spiro atoms. The number of aromatic nitrogens is 2. The lowest BCUT2D eigenvalue weighted by molar-refractivity contribution is 0.0583. The normalized spacial score (nSPS) is 14.2. The smallest absolute Gasteiger partial charge is 0.415 e. The van der Waals surface area contributed by atoms with Crippen LogP contribution < -0.4 is 15.0 Å². The van der Waals surface area contributed by atoms with E-state index in [9.17, 15) is 14.9 Å². The van der Waals surface area contributed by atoms with Crippen molar-refractivity contribution in [2.45, 2.75) is 52.2 Å². The molecule has 220 valence electrons. The molecule has 42 heavy (non-hydrogen) atoms. The minimum absolute atomic E-state index is 0.0854. The molecule has 0 aliphatic carbocycles. The summed E-state index contributed by atoms with van der Waals surface area (Å²) in [5.74, 6) is 0.580. The van der Waals surface area contributed by atoms with Gasteiger partial charge in [0.1, 0.15) is 17.0 Å². The molecular weight excluding hydrogens is 532 g/mol. The van der Waals surface area contributed by atoms with Crippen molar-refractivity contribution in [3.8, 4) is 23.2 Å². The van der Waals surface area contributed by atoms with E-state index in [0.29, 0.717) is 34.8 Å². The van der Waals surface area contributed by atoms with Gasteiger partial charge in [0.25, 0.3) is 5.91 Å². The molecule has 1 aliphatic rings. The summed E-state index contributed by atoms with van der Waals surface area (Å²) < 4.78 is 11.7. The summed E-state index contributed by atoms with van der Waals surface area (Å²) >= 11 is 0. The maximum atomic E-state index is 13.5. The first kappa shape index (κ1) is 30.5. The van der Waals surface area contributed by atoms with Gasteiger partial charge in [0.2, 0.25) is 0 Å². The topological polar surface area (TPSA) is 121 Å². The number of nitrogens with zero attached hydrogens (tertiary/aromatic N) is 5. The minimum Gasteiger partial charge on any atom is -0.492 e. The van der Waals surface area contributed by atoms with Gasteiger partial charge in [-0.25, -0.2) is 14.8 Å². The van der Waals surface area contributed by atoms with Crippen molar-refractivity contribution in [3.05, 3.63) is 60.4 Å². The lowest BCUT2D eigenvalue weighted by Crippen LogP contribution is -2.43.